The van der Waals surface area contributed by atoms with E-state index in [1.807, 2.05) is 0 Å². The zero-order valence-corrected chi connectivity index (χ0v) is 45.8. The first-order valence-corrected chi connectivity index (χ1v) is 26.9. The molecule has 13 rings (SSSR count). The van der Waals surface area contributed by atoms with Gasteiger partial charge in [-0.3, -0.25) is 0 Å². The fourth-order valence-electron chi connectivity index (χ4n) is 12.9. The lowest BCUT2D eigenvalue weighted by Gasteiger charge is -2.42. The molecule has 2 aromatic heterocycles. The van der Waals surface area contributed by atoms with E-state index in [9.17, 15) is 0 Å². The second-order valence-electron chi connectivity index (χ2n) is 26.3. The van der Waals surface area contributed by atoms with Crippen LogP contribution in [0.25, 0.3) is 49.7 Å². The lowest BCUT2D eigenvalue weighted by atomic mass is 9.33. The summed E-state index contributed by atoms with van der Waals surface area (Å²) in [6.45, 7) is 32.5. The van der Waals surface area contributed by atoms with Crippen molar-refractivity contribution in [2.75, 3.05) is 9.80 Å². The summed E-state index contributed by atoms with van der Waals surface area (Å²) in [5.74, 6) is 0. The van der Waals surface area contributed by atoms with Crippen LogP contribution in [-0.4, -0.2) is 11.3 Å². The van der Waals surface area contributed by atoms with Gasteiger partial charge in [0.25, 0.3) is 6.71 Å². The molecule has 0 spiro atoms. The molecule has 0 saturated heterocycles. The summed E-state index contributed by atoms with van der Waals surface area (Å²) in [5, 5.41) is 3.58. The molecular formula is C69H68BN3O. The molecule has 4 heterocycles. The van der Waals surface area contributed by atoms with E-state index in [1.54, 1.807) is 0 Å². The highest BCUT2D eigenvalue weighted by atomic mass is 16.3. The quantitative estimate of drug-likeness (QED) is 0.164. The van der Waals surface area contributed by atoms with Crippen LogP contribution in [0.5, 0.6) is 0 Å². The molecule has 2 aliphatic heterocycles. The zero-order valence-electron chi connectivity index (χ0n) is 45.8. The molecule has 0 amide bonds. The monoisotopic (exact) mass is 966 g/mol. The lowest BCUT2D eigenvalue weighted by Crippen LogP contribution is -2.60. The third-order valence-corrected chi connectivity index (χ3v) is 17.0. The van der Waals surface area contributed by atoms with Crippen LogP contribution in [0.2, 0.25) is 0 Å². The van der Waals surface area contributed by atoms with Crippen LogP contribution in [-0.2, 0) is 27.1 Å². The van der Waals surface area contributed by atoms with E-state index in [4.69, 9.17) is 4.42 Å². The molecule has 3 aliphatic rings. The SMILES string of the molecule is CC(C)(C)c1ccc(N(c2ccc(C(C)(C)C)cc2)c2ccc3c(c2)N(c2cccc4c2oc2cc(C(C)(C)C)ccc24)c2cc(C(C)(C)C)cc4c2B3c2cccc3c5c(n-4c23)C(C)(C)c2ccccc2-5)cc1. The Morgan fingerprint density at radius 2 is 1.04 bits per heavy atom. The Morgan fingerprint density at radius 1 is 0.459 bits per heavy atom. The second kappa shape index (κ2) is 15.4. The summed E-state index contributed by atoms with van der Waals surface area (Å²) in [5.41, 5.74) is 25.4. The Morgan fingerprint density at radius 3 is 1.69 bits per heavy atom. The molecule has 0 N–H and O–H groups in total. The molecule has 10 aromatic rings. The molecule has 0 radical (unpaired) electrons. The number of nitrogens with zero attached hydrogens (tertiary/aromatic N) is 3. The molecule has 74 heavy (non-hydrogen) atoms. The first kappa shape index (κ1) is 46.5. The molecule has 4 nitrogen and oxygen atoms in total. The number of para-hydroxylation sites is 2. The van der Waals surface area contributed by atoms with Gasteiger partial charge in [-0.05, 0) is 132 Å². The van der Waals surface area contributed by atoms with Gasteiger partial charge in [0, 0.05) is 72.5 Å². The number of benzene rings is 8. The van der Waals surface area contributed by atoms with Crippen LogP contribution >= 0.6 is 0 Å². The van der Waals surface area contributed by atoms with Gasteiger partial charge in [-0.2, -0.15) is 0 Å². The van der Waals surface area contributed by atoms with Crippen LogP contribution in [0.4, 0.5) is 34.1 Å². The minimum absolute atomic E-state index is 0.0240. The van der Waals surface area contributed by atoms with Crippen LogP contribution in [0.1, 0.15) is 130 Å². The molecule has 0 unspecified atom stereocenters. The van der Waals surface area contributed by atoms with Crippen molar-refractivity contribution in [3.05, 3.63) is 191 Å². The van der Waals surface area contributed by atoms with Crippen molar-refractivity contribution in [1.29, 1.82) is 0 Å². The van der Waals surface area contributed by atoms with Crippen LogP contribution < -0.4 is 26.2 Å². The molecule has 368 valence electrons. The number of aromatic nitrogens is 1. The van der Waals surface area contributed by atoms with Gasteiger partial charge in [-0.1, -0.05) is 194 Å². The van der Waals surface area contributed by atoms with Crippen molar-refractivity contribution in [3.63, 3.8) is 0 Å². The van der Waals surface area contributed by atoms with Gasteiger partial charge in [0.15, 0.2) is 5.58 Å². The average molecular weight is 966 g/mol. The molecule has 8 aromatic carbocycles. The number of anilines is 6. The van der Waals surface area contributed by atoms with E-state index in [0.717, 1.165) is 50.4 Å². The summed E-state index contributed by atoms with van der Waals surface area (Å²) in [7, 11) is 0. The Kier molecular flexibility index (Phi) is 9.70. The van der Waals surface area contributed by atoms with Gasteiger partial charge in [0.05, 0.1) is 5.69 Å². The number of furan rings is 1. The minimum Gasteiger partial charge on any atom is -0.454 e. The van der Waals surface area contributed by atoms with Crippen LogP contribution in [0, 0.1) is 0 Å². The molecular weight excluding hydrogens is 898 g/mol. The first-order chi connectivity index (χ1) is 35.0. The topological polar surface area (TPSA) is 24.6 Å². The zero-order chi connectivity index (χ0) is 51.8. The maximum absolute atomic E-state index is 7.25. The molecule has 0 fully saturated rings. The maximum atomic E-state index is 7.25. The van der Waals surface area contributed by atoms with Crippen molar-refractivity contribution >= 4 is 90.1 Å². The van der Waals surface area contributed by atoms with Crippen molar-refractivity contribution in [3.8, 4) is 16.8 Å². The molecule has 0 bridgehead atoms. The van der Waals surface area contributed by atoms with Gasteiger partial charge < -0.3 is 18.8 Å². The van der Waals surface area contributed by atoms with E-state index >= 15 is 0 Å². The average Bonchev–Trinajstić information content (AvgIpc) is 4.04. The highest BCUT2D eigenvalue weighted by Crippen LogP contribution is 2.55. The standard InChI is InChI=1S/C69H68BN3O/c1-65(2,3)41-25-30-45(31-26-41)71(46-32-27-42(28-33-46)66(4,5)6)47-34-36-53-56(40-47)72(55-24-18-20-49-48-35-29-43(67(7,8)9)39-59(48)74-63(49)55)57-37-44(68(10,11)12)38-58-61(57)70(53)54-23-17-21-51-60-50-19-15-16-22-52(50)69(13,14)64(60)73(58)62(51)54/h15-40H,1-14H3. The number of hydrogen-bond acceptors (Lipinski definition) is 3. The smallest absolute Gasteiger partial charge is 0.252 e. The Bertz CT molecular complexity index is 3910. The molecule has 0 atom stereocenters. The number of fused-ring (bicyclic) bond motifs is 12. The Hall–Kier alpha value is -7.24. The Balaban J connectivity index is 1.14. The lowest BCUT2D eigenvalue weighted by molar-refractivity contribution is 0.587. The van der Waals surface area contributed by atoms with Crippen molar-refractivity contribution < 1.29 is 4.42 Å². The summed E-state index contributed by atoms with van der Waals surface area (Å²) >= 11 is 0. The van der Waals surface area contributed by atoms with E-state index in [2.05, 4.69) is 269 Å². The summed E-state index contributed by atoms with van der Waals surface area (Å²) in [6.07, 6.45) is 0. The van der Waals surface area contributed by atoms with E-state index < -0.39 is 0 Å². The van der Waals surface area contributed by atoms with Crippen molar-refractivity contribution in [2.24, 2.45) is 0 Å². The van der Waals surface area contributed by atoms with Gasteiger partial charge in [0.1, 0.15) is 5.58 Å². The predicted octanol–water partition coefficient (Wildman–Crippen LogP) is 17.1. The van der Waals surface area contributed by atoms with Gasteiger partial charge >= 0.3 is 0 Å². The highest BCUT2D eigenvalue weighted by molar-refractivity contribution is 7.00. The van der Waals surface area contributed by atoms with Crippen molar-refractivity contribution in [2.45, 2.75) is 124 Å². The largest absolute Gasteiger partial charge is 0.454 e. The first-order valence-electron chi connectivity index (χ1n) is 26.9. The molecule has 0 saturated carbocycles. The third kappa shape index (κ3) is 6.73. The summed E-state index contributed by atoms with van der Waals surface area (Å²) < 4.78 is 9.94. The predicted molar refractivity (Wildman–Crippen MR) is 317 cm³/mol. The summed E-state index contributed by atoms with van der Waals surface area (Å²) in [4.78, 5) is 5.04. The van der Waals surface area contributed by atoms with E-state index in [0.29, 0.717) is 0 Å². The molecule has 1 aliphatic carbocycles. The fourth-order valence-corrected chi connectivity index (χ4v) is 12.9. The summed E-state index contributed by atoms with van der Waals surface area (Å²) in [6, 6.07) is 60.7. The normalized spacial score (nSPS) is 14.7. The number of rotatable bonds is 4. The van der Waals surface area contributed by atoms with Crippen LogP contribution in [0.15, 0.2) is 162 Å². The van der Waals surface area contributed by atoms with Gasteiger partial charge in [-0.25, -0.2) is 0 Å². The third-order valence-electron chi connectivity index (χ3n) is 17.0. The van der Waals surface area contributed by atoms with Crippen molar-refractivity contribution in [1.82, 2.24) is 4.57 Å². The highest BCUT2D eigenvalue weighted by Gasteiger charge is 2.48. The van der Waals surface area contributed by atoms with E-state index in [1.165, 1.54) is 83.3 Å². The van der Waals surface area contributed by atoms with Gasteiger partial charge in [-0.15, -0.1) is 0 Å². The van der Waals surface area contributed by atoms with E-state index in [-0.39, 0.29) is 33.8 Å². The van der Waals surface area contributed by atoms with Crippen LogP contribution in [0.3, 0.4) is 0 Å². The second-order valence-corrected chi connectivity index (χ2v) is 26.3. The minimum atomic E-state index is -0.230. The maximum Gasteiger partial charge on any atom is 0.252 e. The van der Waals surface area contributed by atoms with Gasteiger partial charge in [0.2, 0.25) is 0 Å². The number of hydrogen-bond donors (Lipinski definition) is 0. The molecule has 5 heteroatoms. The Labute approximate surface area is 438 Å². The fraction of sp³-hybridized carbons (Fsp3) is 0.275.